The molecule has 1 aromatic heterocycles. The molecule has 0 unspecified atom stereocenters. The van der Waals surface area contributed by atoms with Gasteiger partial charge in [-0.1, -0.05) is 61.9 Å². The van der Waals surface area contributed by atoms with Gasteiger partial charge in [-0.25, -0.2) is 0 Å². The van der Waals surface area contributed by atoms with Crippen LogP contribution in [0.3, 0.4) is 0 Å². The highest BCUT2D eigenvalue weighted by Crippen LogP contribution is 2.24. The monoisotopic (exact) mass is 318 g/mol. The molecule has 3 rings (SSSR count). The lowest BCUT2D eigenvalue weighted by Crippen LogP contribution is -1.90. The maximum absolute atomic E-state index is 3.37. The Kier molecular flexibility index (Phi) is 5.16. The van der Waals surface area contributed by atoms with Crippen molar-refractivity contribution in [1.29, 1.82) is 0 Å². The fourth-order valence-electron chi connectivity index (χ4n) is 2.88. The number of fused-ring (bicyclic) bond motifs is 1. The summed E-state index contributed by atoms with van der Waals surface area (Å²) in [5.74, 6) is 6.69. The van der Waals surface area contributed by atoms with E-state index >= 15 is 0 Å². The minimum absolute atomic E-state index is 1.13. The molecule has 0 amide bonds. The second kappa shape index (κ2) is 7.49. The Labute approximate surface area is 143 Å². The molecule has 2 aromatic carbocycles. The number of aryl methyl sites for hydroxylation is 2. The van der Waals surface area contributed by atoms with Crippen LogP contribution in [0.15, 0.2) is 48.5 Å². The van der Waals surface area contributed by atoms with Crippen molar-refractivity contribution in [2.45, 2.75) is 39.5 Å². The molecule has 0 atom stereocenters. The first-order valence-corrected chi connectivity index (χ1v) is 9.18. The predicted molar refractivity (Wildman–Crippen MR) is 102 cm³/mol. The van der Waals surface area contributed by atoms with Gasteiger partial charge in [0.25, 0.3) is 0 Å². The van der Waals surface area contributed by atoms with Crippen molar-refractivity contribution in [2.75, 3.05) is 0 Å². The summed E-state index contributed by atoms with van der Waals surface area (Å²) in [5.41, 5.74) is 2.58. The van der Waals surface area contributed by atoms with Gasteiger partial charge in [-0.2, -0.15) is 0 Å². The number of rotatable bonds is 4. The van der Waals surface area contributed by atoms with E-state index in [0.29, 0.717) is 0 Å². The average Bonchev–Trinajstić information content (AvgIpc) is 2.99. The minimum Gasteiger partial charge on any atom is -0.132 e. The first-order chi connectivity index (χ1) is 11.3. The van der Waals surface area contributed by atoms with Crippen LogP contribution in [0.5, 0.6) is 0 Å². The molecule has 0 saturated carbocycles. The van der Waals surface area contributed by atoms with Crippen LogP contribution in [-0.4, -0.2) is 0 Å². The van der Waals surface area contributed by atoms with Crippen molar-refractivity contribution < 1.29 is 0 Å². The Morgan fingerprint density at radius 2 is 1.70 bits per heavy atom. The molecule has 1 heteroatoms. The lowest BCUT2D eigenvalue weighted by molar-refractivity contribution is 0.719. The largest absolute Gasteiger partial charge is 0.132 e. The first kappa shape index (κ1) is 15.8. The van der Waals surface area contributed by atoms with Crippen LogP contribution < -0.4 is 0 Å². The van der Waals surface area contributed by atoms with Crippen LogP contribution in [0.25, 0.3) is 10.8 Å². The molecule has 0 aliphatic rings. The molecule has 0 fully saturated rings. The lowest BCUT2D eigenvalue weighted by atomic mass is 9.96. The standard InChI is InChI=1S/C22H22S/c1-3-4-5-8-18-12-13-19(22-10-7-6-9-21(18)22)14-16-20-15-11-17(2)23-20/h6-7,9-13,15H,3-5,8H2,1-2H3. The van der Waals surface area contributed by atoms with Crippen LogP contribution in [-0.2, 0) is 6.42 Å². The SMILES string of the molecule is CCCCCc1ccc(C#Cc2ccc(C)s2)c2ccccc12. The zero-order valence-electron chi connectivity index (χ0n) is 13.9. The molecule has 0 radical (unpaired) electrons. The molecule has 3 aromatic rings. The molecular weight excluding hydrogens is 296 g/mol. The number of benzene rings is 2. The number of thiophene rings is 1. The van der Waals surface area contributed by atoms with Gasteiger partial charge in [0.05, 0.1) is 4.88 Å². The van der Waals surface area contributed by atoms with Gasteiger partial charge in [0, 0.05) is 10.4 Å². The molecule has 0 aliphatic heterocycles. The van der Waals surface area contributed by atoms with Crippen LogP contribution >= 0.6 is 11.3 Å². The molecule has 0 bridgehead atoms. The topological polar surface area (TPSA) is 0 Å². The quantitative estimate of drug-likeness (QED) is 0.389. The second-order valence-electron chi connectivity index (χ2n) is 5.94. The Bertz CT molecular complexity index is 858. The molecule has 23 heavy (non-hydrogen) atoms. The third-order valence-electron chi connectivity index (χ3n) is 4.12. The van der Waals surface area contributed by atoms with E-state index in [0.717, 1.165) is 16.9 Å². The van der Waals surface area contributed by atoms with Crippen molar-refractivity contribution in [3.05, 3.63) is 69.4 Å². The molecule has 0 aliphatic carbocycles. The van der Waals surface area contributed by atoms with E-state index in [9.17, 15) is 0 Å². The smallest absolute Gasteiger partial charge is 0.0775 e. The summed E-state index contributed by atoms with van der Waals surface area (Å²) in [7, 11) is 0. The predicted octanol–water partition coefficient (Wildman–Crippen LogP) is 6.34. The molecule has 116 valence electrons. The zero-order valence-corrected chi connectivity index (χ0v) is 14.7. The third-order valence-corrected chi connectivity index (χ3v) is 5.04. The summed E-state index contributed by atoms with van der Waals surface area (Å²) in [6, 6.07) is 17.4. The molecule has 0 saturated heterocycles. The van der Waals surface area contributed by atoms with E-state index in [4.69, 9.17) is 0 Å². The number of hydrogen-bond acceptors (Lipinski definition) is 1. The molecular formula is C22H22S. The highest BCUT2D eigenvalue weighted by molar-refractivity contribution is 7.12. The van der Waals surface area contributed by atoms with Crippen molar-refractivity contribution >= 4 is 22.1 Å². The molecule has 0 spiro atoms. The lowest BCUT2D eigenvalue weighted by Gasteiger charge is -2.08. The van der Waals surface area contributed by atoms with Crippen molar-refractivity contribution in [2.24, 2.45) is 0 Å². The third kappa shape index (κ3) is 3.84. The van der Waals surface area contributed by atoms with Gasteiger partial charge in [-0.3, -0.25) is 0 Å². The van der Waals surface area contributed by atoms with Crippen LogP contribution in [0.4, 0.5) is 0 Å². The normalized spacial score (nSPS) is 10.5. The Morgan fingerprint density at radius 3 is 2.43 bits per heavy atom. The van der Waals surface area contributed by atoms with Gasteiger partial charge in [-0.15, -0.1) is 11.3 Å². The number of unbranched alkanes of at least 4 members (excludes halogenated alkanes) is 2. The van der Waals surface area contributed by atoms with E-state index in [2.05, 4.69) is 74.2 Å². The molecule has 0 N–H and O–H groups in total. The van der Waals surface area contributed by atoms with Gasteiger partial charge in [0.2, 0.25) is 0 Å². The van der Waals surface area contributed by atoms with E-state index in [1.807, 2.05) is 0 Å². The fourth-order valence-corrected chi connectivity index (χ4v) is 3.61. The van der Waals surface area contributed by atoms with Crippen molar-refractivity contribution in [3.63, 3.8) is 0 Å². The first-order valence-electron chi connectivity index (χ1n) is 8.37. The Balaban J connectivity index is 1.96. The van der Waals surface area contributed by atoms with E-state index in [1.165, 1.54) is 40.5 Å². The summed E-state index contributed by atoms with van der Waals surface area (Å²) in [6.45, 7) is 4.37. The van der Waals surface area contributed by atoms with Crippen molar-refractivity contribution in [3.8, 4) is 11.8 Å². The maximum atomic E-state index is 3.37. The minimum atomic E-state index is 1.13. The van der Waals surface area contributed by atoms with Gasteiger partial charge < -0.3 is 0 Å². The van der Waals surface area contributed by atoms with Crippen LogP contribution in [0, 0.1) is 18.8 Å². The fraction of sp³-hybridized carbons (Fsp3) is 0.273. The van der Waals surface area contributed by atoms with Crippen molar-refractivity contribution in [1.82, 2.24) is 0 Å². The highest BCUT2D eigenvalue weighted by Gasteiger charge is 2.04. The molecule has 0 nitrogen and oxygen atoms in total. The van der Waals surface area contributed by atoms with Gasteiger partial charge in [-0.05, 0) is 54.3 Å². The second-order valence-corrected chi connectivity index (χ2v) is 7.22. The van der Waals surface area contributed by atoms with Crippen LogP contribution in [0.1, 0.15) is 47.1 Å². The zero-order chi connectivity index (χ0) is 16.1. The average molecular weight is 318 g/mol. The highest BCUT2D eigenvalue weighted by atomic mass is 32.1. The van der Waals surface area contributed by atoms with E-state index < -0.39 is 0 Å². The molecule has 1 heterocycles. The maximum Gasteiger partial charge on any atom is 0.0775 e. The summed E-state index contributed by atoms with van der Waals surface area (Å²) in [5, 5.41) is 2.64. The van der Waals surface area contributed by atoms with Gasteiger partial charge >= 0.3 is 0 Å². The summed E-state index contributed by atoms with van der Waals surface area (Å²) in [4.78, 5) is 2.45. The van der Waals surface area contributed by atoms with Gasteiger partial charge in [0.15, 0.2) is 0 Å². The summed E-state index contributed by atoms with van der Waals surface area (Å²) in [6.07, 6.45) is 4.99. The van der Waals surface area contributed by atoms with E-state index in [1.54, 1.807) is 11.3 Å². The Hall–Kier alpha value is -2.04. The summed E-state index contributed by atoms with van der Waals surface area (Å²) >= 11 is 1.76. The van der Waals surface area contributed by atoms with E-state index in [-0.39, 0.29) is 0 Å². The van der Waals surface area contributed by atoms with Gasteiger partial charge in [0.1, 0.15) is 0 Å². The summed E-state index contributed by atoms with van der Waals surface area (Å²) < 4.78 is 0. The van der Waals surface area contributed by atoms with Crippen LogP contribution in [0.2, 0.25) is 0 Å². The Morgan fingerprint density at radius 1 is 0.870 bits per heavy atom. The number of hydrogen-bond donors (Lipinski definition) is 0.